The molecule has 0 aromatic heterocycles. The predicted molar refractivity (Wildman–Crippen MR) is 94.9 cm³/mol. The Balaban J connectivity index is 2.14. The van der Waals surface area contributed by atoms with Crippen LogP contribution in [0, 0.1) is 5.82 Å². The molecule has 7 heteroatoms. The summed E-state index contributed by atoms with van der Waals surface area (Å²) < 4.78 is 28.4. The molecule has 0 aliphatic rings. The van der Waals surface area contributed by atoms with Crippen molar-refractivity contribution in [1.29, 1.82) is 0 Å². The number of nitrogens with one attached hydrogen (secondary N) is 1. The maximum atomic E-state index is 13.6. The Morgan fingerprint density at radius 1 is 1.00 bits per heavy atom. The van der Waals surface area contributed by atoms with Crippen LogP contribution >= 0.6 is 0 Å². The number of benzene rings is 2. The molecule has 0 aliphatic carbocycles. The lowest BCUT2D eigenvalue weighted by Crippen LogP contribution is -2.10. The monoisotopic (exact) mass is 359 g/mol. The molecule has 0 spiro atoms. The van der Waals surface area contributed by atoms with Crippen molar-refractivity contribution < 1.29 is 28.2 Å². The SMILES string of the molecule is COC(=O)c1cc(NC(=O)C=Cc2cc(OC)cc(OC)c2)ccc1F. The smallest absolute Gasteiger partial charge is 0.340 e. The first-order chi connectivity index (χ1) is 12.5. The van der Waals surface area contributed by atoms with Gasteiger partial charge in [-0.2, -0.15) is 0 Å². The van der Waals surface area contributed by atoms with Crippen molar-refractivity contribution in [2.45, 2.75) is 0 Å². The number of methoxy groups -OCH3 is 3. The first-order valence-electron chi connectivity index (χ1n) is 7.57. The van der Waals surface area contributed by atoms with Gasteiger partial charge in [0.2, 0.25) is 5.91 Å². The van der Waals surface area contributed by atoms with E-state index in [1.54, 1.807) is 24.3 Å². The number of ether oxygens (including phenoxy) is 3. The lowest BCUT2D eigenvalue weighted by molar-refractivity contribution is -0.111. The zero-order valence-electron chi connectivity index (χ0n) is 14.5. The highest BCUT2D eigenvalue weighted by atomic mass is 19.1. The molecule has 0 saturated carbocycles. The van der Waals surface area contributed by atoms with Gasteiger partial charge < -0.3 is 19.5 Å². The van der Waals surface area contributed by atoms with Crippen LogP contribution in [0.2, 0.25) is 0 Å². The van der Waals surface area contributed by atoms with Crippen LogP contribution in [0.3, 0.4) is 0 Å². The molecule has 1 N–H and O–H groups in total. The van der Waals surface area contributed by atoms with Crippen molar-refractivity contribution in [3.05, 3.63) is 59.4 Å². The third kappa shape index (κ3) is 4.83. The summed E-state index contributed by atoms with van der Waals surface area (Å²) in [5.74, 6) is -0.822. The lowest BCUT2D eigenvalue weighted by Gasteiger charge is -2.07. The predicted octanol–water partition coefficient (Wildman–Crippen LogP) is 3.28. The summed E-state index contributed by atoms with van der Waals surface area (Å²) in [6.07, 6.45) is 2.88. The molecule has 0 saturated heterocycles. The van der Waals surface area contributed by atoms with Gasteiger partial charge in [0.25, 0.3) is 0 Å². The molecule has 26 heavy (non-hydrogen) atoms. The molecule has 2 rings (SSSR count). The van der Waals surface area contributed by atoms with E-state index in [0.29, 0.717) is 17.1 Å². The van der Waals surface area contributed by atoms with E-state index in [-0.39, 0.29) is 11.3 Å². The van der Waals surface area contributed by atoms with Crippen LogP contribution in [0.15, 0.2) is 42.5 Å². The maximum Gasteiger partial charge on any atom is 0.340 e. The Labute approximate surface area is 150 Å². The van der Waals surface area contributed by atoms with Crippen LogP contribution in [0.4, 0.5) is 10.1 Å². The quantitative estimate of drug-likeness (QED) is 0.633. The van der Waals surface area contributed by atoms with Gasteiger partial charge >= 0.3 is 5.97 Å². The molecule has 0 fully saturated rings. The van der Waals surface area contributed by atoms with E-state index in [1.807, 2.05) is 0 Å². The molecule has 0 radical (unpaired) electrons. The second-order valence-electron chi connectivity index (χ2n) is 5.15. The third-order valence-corrected chi connectivity index (χ3v) is 3.44. The molecule has 2 aromatic rings. The van der Waals surface area contributed by atoms with Gasteiger partial charge in [0.1, 0.15) is 17.3 Å². The summed E-state index contributed by atoms with van der Waals surface area (Å²) in [6, 6.07) is 8.82. The minimum atomic E-state index is -0.822. The van der Waals surface area contributed by atoms with Crippen molar-refractivity contribution in [1.82, 2.24) is 0 Å². The molecule has 0 bridgehead atoms. The summed E-state index contributed by atoms with van der Waals surface area (Å²) in [7, 11) is 4.21. The van der Waals surface area contributed by atoms with Gasteiger partial charge in [0.15, 0.2) is 0 Å². The summed E-state index contributed by atoms with van der Waals surface area (Å²) in [5.41, 5.74) is 0.710. The molecule has 0 heterocycles. The summed E-state index contributed by atoms with van der Waals surface area (Å²) in [6.45, 7) is 0. The van der Waals surface area contributed by atoms with E-state index < -0.39 is 17.7 Å². The minimum Gasteiger partial charge on any atom is -0.497 e. The number of carbonyl (C=O) groups excluding carboxylic acids is 2. The maximum absolute atomic E-state index is 13.6. The first kappa shape index (κ1) is 19.0. The molecule has 0 atom stereocenters. The Hall–Kier alpha value is -3.35. The van der Waals surface area contributed by atoms with Crippen LogP contribution in [0.1, 0.15) is 15.9 Å². The standard InChI is InChI=1S/C19H18FNO5/c1-24-14-8-12(9-15(11-14)25-2)4-7-18(22)21-13-5-6-17(20)16(10-13)19(23)26-3/h4-11H,1-3H3,(H,21,22). The zero-order valence-corrected chi connectivity index (χ0v) is 14.5. The zero-order chi connectivity index (χ0) is 19.1. The Bertz CT molecular complexity index is 826. The van der Waals surface area contributed by atoms with Gasteiger partial charge in [-0.15, -0.1) is 0 Å². The third-order valence-electron chi connectivity index (χ3n) is 3.44. The van der Waals surface area contributed by atoms with E-state index in [4.69, 9.17) is 9.47 Å². The molecular formula is C19H18FNO5. The topological polar surface area (TPSA) is 73.9 Å². The van der Waals surface area contributed by atoms with Crippen molar-refractivity contribution in [2.75, 3.05) is 26.6 Å². The number of esters is 1. The summed E-state index contributed by atoms with van der Waals surface area (Å²) in [4.78, 5) is 23.6. The lowest BCUT2D eigenvalue weighted by atomic mass is 10.1. The van der Waals surface area contributed by atoms with Crippen molar-refractivity contribution in [3.8, 4) is 11.5 Å². The minimum absolute atomic E-state index is 0.258. The van der Waals surface area contributed by atoms with E-state index in [2.05, 4.69) is 10.1 Å². The number of carbonyl (C=O) groups is 2. The number of amides is 1. The fourth-order valence-corrected chi connectivity index (χ4v) is 2.15. The fourth-order valence-electron chi connectivity index (χ4n) is 2.15. The first-order valence-corrected chi connectivity index (χ1v) is 7.57. The number of hydrogen-bond donors (Lipinski definition) is 1. The van der Waals surface area contributed by atoms with Crippen LogP contribution < -0.4 is 14.8 Å². The Morgan fingerprint density at radius 2 is 1.65 bits per heavy atom. The van der Waals surface area contributed by atoms with Gasteiger partial charge in [0, 0.05) is 17.8 Å². The average molecular weight is 359 g/mol. The Kier molecular flexibility index (Phi) is 6.32. The van der Waals surface area contributed by atoms with Crippen molar-refractivity contribution in [3.63, 3.8) is 0 Å². The van der Waals surface area contributed by atoms with E-state index in [1.165, 1.54) is 32.4 Å². The second kappa shape index (κ2) is 8.66. The highest BCUT2D eigenvalue weighted by Crippen LogP contribution is 2.23. The molecule has 6 nitrogen and oxygen atoms in total. The molecule has 136 valence electrons. The molecule has 2 aromatic carbocycles. The number of anilines is 1. The summed E-state index contributed by atoms with van der Waals surface area (Å²) >= 11 is 0. The fraction of sp³-hybridized carbons (Fsp3) is 0.158. The highest BCUT2D eigenvalue weighted by Gasteiger charge is 2.13. The van der Waals surface area contributed by atoms with Gasteiger partial charge in [-0.05, 0) is 42.0 Å². The van der Waals surface area contributed by atoms with Crippen LogP contribution in [-0.4, -0.2) is 33.2 Å². The van der Waals surface area contributed by atoms with E-state index in [0.717, 1.165) is 13.2 Å². The number of halogens is 1. The van der Waals surface area contributed by atoms with Crippen molar-refractivity contribution in [2.24, 2.45) is 0 Å². The van der Waals surface area contributed by atoms with Gasteiger partial charge in [-0.1, -0.05) is 0 Å². The van der Waals surface area contributed by atoms with Gasteiger partial charge in [0.05, 0.1) is 26.9 Å². The summed E-state index contributed by atoms with van der Waals surface area (Å²) in [5, 5.41) is 2.55. The highest BCUT2D eigenvalue weighted by molar-refractivity contribution is 6.02. The second-order valence-corrected chi connectivity index (χ2v) is 5.15. The average Bonchev–Trinajstić information content (AvgIpc) is 2.66. The molecule has 0 unspecified atom stereocenters. The van der Waals surface area contributed by atoms with Crippen LogP contribution in [0.25, 0.3) is 6.08 Å². The van der Waals surface area contributed by atoms with E-state index >= 15 is 0 Å². The largest absolute Gasteiger partial charge is 0.497 e. The number of hydrogen-bond acceptors (Lipinski definition) is 5. The Morgan fingerprint density at radius 3 is 2.23 bits per heavy atom. The number of rotatable bonds is 6. The molecular weight excluding hydrogens is 341 g/mol. The normalized spacial score (nSPS) is 10.5. The van der Waals surface area contributed by atoms with Crippen molar-refractivity contribution >= 4 is 23.6 Å². The van der Waals surface area contributed by atoms with E-state index in [9.17, 15) is 14.0 Å². The van der Waals surface area contributed by atoms with Gasteiger partial charge in [-0.3, -0.25) is 4.79 Å². The molecule has 1 amide bonds. The van der Waals surface area contributed by atoms with Crippen LogP contribution in [-0.2, 0) is 9.53 Å². The van der Waals surface area contributed by atoms with Crippen LogP contribution in [0.5, 0.6) is 11.5 Å². The van der Waals surface area contributed by atoms with Gasteiger partial charge in [-0.25, -0.2) is 9.18 Å². The molecule has 0 aliphatic heterocycles.